The van der Waals surface area contributed by atoms with Crippen molar-refractivity contribution in [2.75, 3.05) is 14.1 Å². The molecule has 1 saturated carbocycles. The zero-order valence-electron chi connectivity index (χ0n) is 11.6. The summed E-state index contributed by atoms with van der Waals surface area (Å²) in [6, 6.07) is 0. The Labute approximate surface area is 103 Å². The summed E-state index contributed by atoms with van der Waals surface area (Å²) >= 11 is 0. The van der Waals surface area contributed by atoms with Crippen LogP contribution in [-0.2, 0) is 0 Å². The van der Waals surface area contributed by atoms with Crippen LogP contribution in [0.2, 0.25) is 0 Å². The van der Waals surface area contributed by atoms with Gasteiger partial charge < -0.3 is 10.8 Å². The van der Waals surface area contributed by atoms with Crippen LogP contribution >= 0.6 is 0 Å². The van der Waals surface area contributed by atoms with Gasteiger partial charge in [0.25, 0.3) is 0 Å². The molecule has 0 atom stereocenters. The van der Waals surface area contributed by atoms with Gasteiger partial charge in [-0.3, -0.25) is 0 Å². The minimum atomic E-state index is 0. The summed E-state index contributed by atoms with van der Waals surface area (Å²) in [5.74, 6) is 1.12. The highest BCUT2D eigenvalue weighted by atomic mass is 16.0. The van der Waals surface area contributed by atoms with E-state index < -0.39 is 0 Å². The van der Waals surface area contributed by atoms with Gasteiger partial charge in [0.2, 0.25) is 0 Å². The minimum absolute atomic E-state index is 0. The Bertz CT molecular complexity index is 111. The molecule has 3 N–H and O–H groups in total. The van der Waals surface area contributed by atoms with Gasteiger partial charge in [0.15, 0.2) is 0 Å². The van der Waals surface area contributed by atoms with Gasteiger partial charge in [-0.2, -0.15) is 0 Å². The lowest BCUT2D eigenvalue weighted by Gasteiger charge is -2.07. The maximum Gasteiger partial charge on any atom is -0.0167 e. The first kappa shape index (κ1) is 18.3. The van der Waals surface area contributed by atoms with Crippen molar-refractivity contribution in [3.05, 3.63) is 0 Å². The standard InChI is InChI=1S/C12H24.C2H7N.H2O/c1-2-3-4-5-6-9-12-10-7-8-11-12;1-3-2;/h12H,2-11H2,1H3;3H,1-2H3;1H2. The monoisotopic (exact) mass is 231 g/mol. The highest BCUT2D eigenvalue weighted by Crippen LogP contribution is 2.29. The van der Waals surface area contributed by atoms with E-state index in [9.17, 15) is 0 Å². The van der Waals surface area contributed by atoms with E-state index in [2.05, 4.69) is 12.2 Å². The SMILES string of the molecule is CCCCCCCC1CCCC1.CNC.O. The molecule has 1 rings (SSSR count). The Kier molecular flexibility index (Phi) is 17.1. The highest BCUT2D eigenvalue weighted by molar-refractivity contribution is 4.66. The van der Waals surface area contributed by atoms with Gasteiger partial charge in [-0.1, -0.05) is 71.1 Å². The Balaban J connectivity index is 0. The highest BCUT2D eigenvalue weighted by Gasteiger charge is 2.13. The van der Waals surface area contributed by atoms with E-state index in [0.29, 0.717) is 0 Å². The molecule has 16 heavy (non-hydrogen) atoms. The van der Waals surface area contributed by atoms with E-state index >= 15 is 0 Å². The summed E-state index contributed by atoms with van der Waals surface area (Å²) in [7, 11) is 3.75. The Morgan fingerprint density at radius 3 is 1.94 bits per heavy atom. The molecule has 1 aliphatic carbocycles. The second-order valence-corrected chi connectivity index (χ2v) is 4.85. The van der Waals surface area contributed by atoms with Crippen LogP contribution in [0.3, 0.4) is 0 Å². The zero-order valence-corrected chi connectivity index (χ0v) is 11.6. The Morgan fingerprint density at radius 2 is 1.44 bits per heavy atom. The summed E-state index contributed by atoms with van der Waals surface area (Å²) in [6.45, 7) is 2.29. The third-order valence-electron chi connectivity index (χ3n) is 3.19. The molecule has 100 valence electrons. The van der Waals surface area contributed by atoms with Crippen molar-refractivity contribution in [2.45, 2.75) is 71.1 Å². The van der Waals surface area contributed by atoms with E-state index in [0.717, 1.165) is 5.92 Å². The summed E-state index contributed by atoms with van der Waals surface area (Å²) < 4.78 is 0. The molecule has 0 aromatic carbocycles. The van der Waals surface area contributed by atoms with Crippen LogP contribution in [0, 0.1) is 5.92 Å². The maximum atomic E-state index is 2.75. The fraction of sp³-hybridized carbons (Fsp3) is 1.00. The van der Waals surface area contributed by atoms with Crippen molar-refractivity contribution in [2.24, 2.45) is 5.92 Å². The van der Waals surface area contributed by atoms with Crippen molar-refractivity contribution < 1.29 is 5.48 Å². The molecule has 1 aliphatic rings. The van der Waals surface area contributed by atoms with Crippen LogP contribution in [0.4, 0.5) is 0 Å². The quantitative estimate of drug-likeness (QED) is 0.698. The summed E-state index contributed by atoms with van der Waals surface area (Å²) in [6.07, 6.45) is 14.9. The number of hydrogen-bond acceptors (Lipinski definition) is 1. The van der Waals surface area contributed by atoms with Crippen LogP contribution in [0.5, 0.6) is 0 Å². The first-order valence-electron chi connectivity index (χ1n) is 6.93. The van der Waals surface area contributed by atoms with E-state index in [4.69, 9.17) is 0 Å². The third-order valence-corrected chi connectivity index (χ3v) is 3.19. The van der Waals surface area contributed by atoms with Gasteiger partial charge in [0.05, 0.1) is 0 Å². The molecular formula is C14H33NO. The normalized spacial score (nSPS) is 15.2. The molecule has 2 heteroatoms. The lowest BCUT2D eigenvalue weighted by Crippen LogP contribution is -1.92. The van der Waals surface area contributed by atoms with Crippen LogP contribution in [0.15, 0.2) is 0 Å². The molecule has 0 aromatic heterocycles. The molecule has 2 nitrogen and oxygen atoms in total. The van der Waals surface area contributed by atoms with Gasteiger partial charge in [-0.15, -0.1) is 0 Å². The summed E-state index contributed by atoms with van der Waals surface area (Å²) in [4.78, 5) is 0. The molecule has 1 fully saturated rings. The van der Waals surface area contributed by atoms with E-state index in [1.54, 1.807) is 0 Å². The summed E-state index contributed by atoms with van der Waals surface area (Å²) in [5.41, 5.74) is 0. The van der Waals surface area contributed by atoms with Gasteiger partial charge in [0.1, 0.15) is 0 Å². The first-order valence-corrected chi connectivity index (χ1v) is 6.93. The average molecular weight is 231 g/mol. The molecule has 0 spiro atoms. The Morgan fingerprint density at radius 1 is 0.938 bits per heavy atom. The molecule has 0 amide bonds. The molecule has 0 unspecified atom stereocenters. The van der Waals surface area contributed by atoms with Gasteiger partial charge in [-0.25, -0.2) is 0 Å². The lowest BCUT2D eigenvalue weighted by atomic mass is 9.99. The first-order chi connectivity index (χ1) is 7.35. The minimum Gasteiger partial charge on any atom is -0.412 e. The average Bonchev–Trinajstić information content (AvgIpc) is 2.72. The molecule has 0 aromatic rings. The van der Waals surface area contributed by atoms with Crippen molar-refractivity contribution in [3.8, 4) is 0 Å². The second kappa shape index (κ2) is 14.9. The van der Waals surface area contributed by atoms with Crippen LogP contribution in [-0.4, -0.2) is 19.6 Å². The van der Waals surface area contributed by atoms with Crippen LogP contribution in [0.25, 0.3) is 0 Å². The number of nitrogens with one attached hydrogen (secondary N) is 1. The topological polar surface area (TPSA) is 43.5 Å². The zero-order chi connectivity index (χ0) is 11.4. The molecule has 0 aliphatic heterocycles. The molecular weight excluding hydrogens is 198 g/mol. The van der Waals surface area contributed by atoms with E-state index in [1.807, 2.05) is 14.1 Å². The van der Waals surface area contributed by atoms with Crippen molar-refractivity contribution in [1.29, 1.82) is 0 Å². The molecule has 0 radical (unpaired) electrons. The second-order valence-electron chi connectivity index (χ2n) is 4.85. The molecule has 0 saturated heterocycles. The number of hydrogen-bond donors (Lipinski definition) is 1. The molecule has 0 bridgehead atoms. The number of rotatable bonds is 6. The fourth-order valence-electron chi connectivity index (χ4n) is 2.34. The Hall–Kier alpha value is -0.0800. The molecule has 0 heterocycles. The van der Waals surface area contributed by atoms with Crippen molar-refractivity contribution in [1.82, 2.24) is 5.32 Å². The smallest absolute Gasteiger partial charge is 0.0167 e. The predicted molar refractivity (Wildman–Crippen MR) is 73.9 cm³/mol. The van der Waals surface area contributed by atoms with Crippen molar-refractivity contribution >= 4 is 0 Å². The van der Waals surface area contributed by atoms with Crippen LogP contribution < -0.4 is 5.32 Å². The third kappa shape index (κ3) is 12.0. The van der Waals surface area contributed by atoms with Crippen LogP contribution in [0.1, 0.15) is 71.1 Å². The van der Waals surface area contributed by atoms with Gasteiger partial charge in [-0.05, 0) is 20.0 Å². The van der Waals surface area contributed by atoms with E-state index in [1.165, 1.54) is 64.2 Å². The fourth-order valence-corrected chi connectivity index (χ4v) is 2.34. The summed E-state index contributed by atoms with van der Waals surface area (Å²) in [5, 5.41) is 2.75. The van der Waals surface area contributed by atoms with E-state index in [-0.39, 0.29) is 5.48 Å². The number of unbranched alkanes of at least 4 members (excludes halogenated alkanes) is 4. The van der Waals surface area contributed by atoms with Gasteiger partial charge >= 0.3 is 0 Å². The predicted octanol–water partition coefficient (Wildman–Crippen LogP) is 3.55. The maximum absolute atomic E-state index is 2.75. The van der Waals surface area contributed by atoms with Crippen molar-refractivity contribution in [3.63, 3.8) is 0 Å². The van der Waals surface area contributed by atoms with Gasteiger partial charge in [0, 0.05) is 0 Å². The largest absolute Gasteiger partial charge is 0.412 e. The lowest BCUT2D eigenvalue weighted by molar-refractivity contribution is 0.464.